The maximum absolute atomic E-state index is 11.2. The summed E-state index contributed by atoms with van der Waals surface area (Å²) in [5.74, 6) is 4.18. The zero-order valence-corrected chi connectivity index (χ0v) is 9.03. The van der Waals surface area contributed by atoms with Crippen molar-refractivity contribution in [2.45, 2.75) is 0 Å². The van der Waals surface area contributed by atoms with Crippen molar-refractivity contribution in [3.05, 3.63) is 35.4 Å². The highest BCUT2D eigenvalue weighted by Gasteiger charge is 2.00. The number of benzene rings is 1. The van der Waals surface area contributed by atoms with Crippen LogP contribution in [0.15, 0.2) is 24.3 Å². The summed E-state index contributed by atoms with van der Waals surface area (Å²) in [6.45, 7) is 0. The highest BCUT2D eigenvalue weighted by Crippen LogP contribution is 2.02. The average Bonchev–Trinajstić information content (AvgIpc) is 2.35. The van der Waals surface area contributed by atoms with Crippen molar-refractivity contribution in [3.63, 3.8) is 0 Å². The topological polar surface area (TPSA) is 55.4 Å². The third kappa shape index (κ3) is 3.14. The molecule has 0 spiro atoms. The van der Waals surface area contributed by atoms with E-state index in [1.807, 2.05) is 0 Å². The smallest absolute Gasteiger partial charge is 0.384 e. The van der Waals surface area contributed by atoms with Crippen LogP contribution in [-0.2, 0) is 9.53 Å². The van der Waals surface area contributed by atoms with Crippen LogP contribution in [0.3, 0.4) is 0 Å². The molecular weight excluding hydrogens is 206 g/mol. The van der Waals surface area contributed by atoms with Crippen molar-refractivity contribution < 1.29 is 14.3 Å². The maximum Gasteiger partial charge on any atom is 0.384 e. The van der Waals surface area contributed by atoms with Crippen LogP contribution < -0.4 is 5.32 Å². The number of carbonyl (C=O) groups is 2. The van der Waals surface area contributed by atoms with E-state index in [1.54, 1.807) is 31.3 Å². The standard InChI is InChI=1S/C12H11NO3/c1-13-12(15)10-6-3-9(4-7-10)5-8-11(14)16-2/h3-4,6-7H,1-2H3,(H,13,15). The van der Waals surface area contributed by atoms with E-state index < -0.39 is 5.97 Å². The van der Waals surface area contributed by atoms with Gasteiger partial charge in [0, 0.05) is 24.1 Å². The zero-order chi connectivity index (χ0) is 12.0. The SMILES string of the molecule is CNC(=O)c1ccc(C#CC(=O)OC)cc1. The van der Waals surface area contributed by atoms with Gasteiger partial charge in [-0.15, -0.1) is 0 Å². The lowest BCUT2D eigenvalue weighted by molar-refractivity contribution is -0.133. The number of nitrogens with one attached hydrogen (secondary N) is 1. The molecule has 0 saturated carbocycles. The maximum atomic E-state index is 11.2. The second-order valence-corrected chi connectivity index (χ2v) is 2.90. The Morgan fingerprint density at radius 3 is 2.38 bits per heavy atom. The monoisotopic (exact) mass is 217 g/mol. The van der Waals surface area contributed by atoms with Gasteiger partial charge in [0.1, 0.15) is 0 Å². The molecule has 4 heteroatoms. The molecule has 1 N–H and O–H groups in total. The van der Waals surface area contributed by atoms with Crippen LogP contribution >= 0.6 is 0 Å². The quantitative estimate of drug-likeness (QED) is 0.552. The van der Waals surface area contributed by atoms with Gasteiger partial charge < -0.3 is 10.1 Å². The number of amides is 1. The first-order valence-electron chi connectivity index (χ1n) is 4.59. The zero-order valence-electron chi connectivity index (χ0n) is 9.03. The van der Waals surface area contributed by atoms with E-state index in [0.29, 0.717) is 11.1 Å². The first-order valence-corrected chi connectivity index (χ1v) is 4.59. The molecule has 0 aliphatic rings. The van der Waals surface area contributed by atoms with E-state index in [4.69, 9.17) is 0 Å². The van der Waals surface area contributed by atoms with Crippen LogP contribution in [0.4, 0.5) is 0 Å². The number of rotatable bonds is 1. The second kappa shape index (κ2) is 5.56. The van der Waals surface area contributed by atoms with Crippen LogP contribution in [0.5, 0.6) is 0 Å². The first kappa shape index (κ1) is 11.8. The van der Waals surface area contributed by atoms with Crippen molar-refractivity contribution in [2.24, 2.45) is 0 Å². The molecule has 1 aromatic rings. The van der Waals surface area contributed by atoms with Crippen LogP contribution in [0.25, 0.3) is 0 Å². The molecule has 0 aromatic heterocycles. The molecule has 0 bridgehead atoms. The van der Waals surface area contributed by atoms with Gasteiger partial charge in [0.15, 0.2) is 0 Å². The Balaban J connectivity index is 2.82. The molecule has 82 valence electrons. The molecule has 1 rings (SSSR count). The Labute approximate surface area is 93.6 Å². The Hall–Kier alpha value is -2.28. The summed E-state index contributed by atoms with van der Waals surface area (Å²) in [6, 6.07) is 6.61. The van der Waals surface area contributed by atoms with E-state index in [0.717, 1.165) is 0 Å². The third-order valence-corrected chi connectivity index (χ3v) is 1.87. The fraction of sp³-hybridized carbons (Fsp3) is 0.167. The molecule has 0 atom stereocenters. The lowest BCUT2D eigenvalue weighted by Crippen LogP contribution is -2.17. The summed E-state index contributed by atoms with van der Waals surface area (Å²) in [5, 5.41) is 2.51. The van der Waals surface area contributed by atoms with E-state index in [9.17, 15) is 9.59 Å². The van der Waals surface area contributed by atoms with Crippen LogP contribution in [0.1, 0.15) is 15.9 Å². The third-order valence-electron chi connectivity index (χ3n) is 1.87. The van der Waals surface area contributed by atoms with Crippen molar-refractivity contribution in [1.82, 2.24) is 5.32 Å². The molecule has 0 heterocycles. The molecule has 0 saturated heterocycles. The van der Waals surface area contributed by atoms with Crippen molar-refractivity contribution in [2.75, 3.05) is 14.2 Å². The van der Waals surface area contributed by atoms with Crippen molar-refractivity contribution >= 4 is 11.9 Å². The normalized spacial score (nSPS) is 8.62. The average molecular weight is 217 g/mol. The Morgan fingerprint density at radius 2 is 1.88 bits per heavy atom. The molecule has 1 aromatic carbocycles. The van der Waals surface area contributed by atoms with Gasteiger partial charge in [-0.3, -0.25) is 4.79 Å². The van der Waals surface area contributed by atoms with Crippen LogP contribution in [0, 0.1) is 11.8 Å². The minimum Gasteiger partial charge on any atom is -0.459 e. The molecule has 0 unspecified atom stereocenters. The number of methoxy groups -OCH3 is 1. The van der Waals surface area contributed by atoms with Gasteiger partial charge in [0.2, 0.25) is 0 Å². The number of ether oxygens (including phenoxy) is 1. The van der Waals surface area contributed by atoms with E-state index in [-0.39, 0.29) is 5.91 Å². The first-order chi connectivity index (χ1) is 7.67. The molecule has 4 nitrogen and oxygen atoms in total. The lowest BCUT2D eigenvalue weighted by Gasteiger charge is -1.98. The van der Waals surface area contributed by atoms with Gasteiger partial charge >= 0.3 is 5.97 Å². The summed E-state index contributed by atoms with van der Waals surface area (Å²) < 4.78 is 4.37. The molecule has 0 aliphatic heterocycles. The summed E-state index contributed by atoms with van der Waals surface area (Å²) in [5.41, 5.74) is 1.20. The van der Waals surface area contributed by atoms with E-state index in [2.05, 4.69) is 21.9 Å². The predicted molar refractivity (Wildman–Crippen MR) is 58.7 cm³/mol. The molecular formula is C12H11NO3. The predicted octanol–water partition coefficient (Wildman–Crippen LogP) is 0.571. The van der Waals surface area contributed by atoms with Gasteiger partial charge in [0.25, 0.3) is 5.91 Å². The second-order valence-electron chi connectivity index (χ2n) is 2.90. The number of esters is 1. The molecule has 0 fully saturated rings. The van der Waals surface area contributed by atoms with Gasteiger partial charge in [-0.05, 0) is 24.3 Å². The molecule has 0 aliphatic carbocycles. The van der Waals surface area contributed by atoms with Crippen molar-refractivity contribution in [1.29, 1.82) is 0 Å². The Morgan fingerprint density at radius 1 is 1.25 bits per heavy atom. The summed E-state index contributed by atoms with van der Waals surface area (Å²) >= 11 is 0. The number of hydrogen-bond acceptors (Lipinski definition) is 3. The van der Waals surface area contributed by atoms with Gasteiger partial charge in [0.05, 0.1) is 7.11 Å². The van der Waals surface area contributed by atoms with Gasteiger partial charge in [-0.25, -0.2) is 4.79 Å². The molecule has 0 radical (unpaired) electrons. The van der Waals surface area contributed by atoms with Crippen molar-refractivity contribution in [3.8, 4) is 11.8 Å². The fourth-order valence-corrected chi connectivity index (χ4v) is 1.02. The largest absolute Gasteiger partial charge is 0.459 e. The fourth-order valence-electron chi connectivity index (χ4n) is 1.02. The highest BCUT2D eigenvalue weighted by molar-refractivity contribution is 5.94. The summed E-state index contributed by atoms with van der Waals surface area (Å²) in [4.78, 5) is 22.0. The minimum atomic E-state index is -0.588. The van der Waals surface area contributed by atoms with E-state index in [1.165, 1.54) is 7.11 Å². The summed E-state index contributed by atoms with van der Waals surface area (Å²) in [6.07, 6.45) is 0. The minimum absolute atomic E-state index is 0.160. The number of hydrogen-bond donors (Lipinski definition) is 1. The Kier molecular flexibility index (Phi) is 4.10. The molecule has 16 heavy (non-hydrogen) atoms. The van der Waals surface area contributed by atoms with Crippen LogP contribution in [0.2, 0.25) is 0 Å². The number of carbonyl (C=O) groups excluding carboxylic acids is 2. The van der Waals surface area contributed by atoms with Gasteiger partial charge in [-0.2, -0.15) is 0 Å². The Bertz CT molecular complexity index is 451. The van der Waals surface area contributed by atoms with Crippen LogP contribution in [-0.4, -0.2) is 26.0 Å². The van der Waals surface area contributed by atoms with E-state index >= 15 is 0 Å². The summed E-state index contributed by atoms with van der Waals surface area (Å²) in [7, 11) is 2.83. The lowest BCUT2D eigenvalue weighted by atomic mass is 10.1. The molecule has 1 amide bonds. The highest BCUT2D eigenvalue weighted by atomic mass is 16.5. The van der Waals surface area contributed by atoms with Gasteiger partial charge in [-0.1, -0.05) is 5.92 Å².